The summed E-state index contributed by atoms with van der Waals surface area (Å²) in [6, 6.07) is 5.78. The second-order valence-electron chi connectivity index (χ2n) is 5.67. The second-order valence-corrected chi connectivity index (χ2v) is 5.67. The highest BCUT2D eigenvalue weighted by atomic mass is 127. The summed E-state index contributed by atoms with van der Waals surface area (Å²) < 4.78 is 11.0. The Morgan fingerprint density at radius 1 is 1.19 bits per heavy atom. The Labute approximate surface area is 173 Å². The molecule has 0 fully saturated rings. The van der Waals surface area contributed by atoms with Gasteiger partial charge in [-0.1, -0.05) is 13.0 Å². The van der Waals surface area contributed by atoms with E-state index in [9.17, 15) is 4.79 Å². The molecule has 26 heavy (non-hydrogen) atoms. The number of hydrogen-bond donors (Lipinski definition) is 2. The monoisotopic (exact) mass is 478 g/mol. The normalized spacial score (nSPS) is 10.6. The predicted molar refractivity (Wildman–Crippen MR) is 116 cm³/mol. The molecule has 0 aliphatic heterocycles. The van der Waals surface area contributed by atoms with Crippen molar-refractivity contribution in [3.63, 3.8) is 0 Å². The van der Waals surface area contributed by atoms with E-state index in [1.807, 2.05) is 25.1 Å². The van der Waals surface area contributed by atoms with Crippen LogP contribution in [0, 0.1) is 0 Å². The van der Waals surface area contributed by atoms with Crippen LogP contribution in [0.25, 0.3) is 0 Å². The molecule has 0 bridgehead atoms. The van der Waals surface area contributed by atoms with Gasteiger partial charge in [0.05, 0.1) is 26.8 Å². The van der Waals surface area contributed by atoms with Crippen LogP contribution in [0.2, 0.25) is 0 Å². The zero-order chi connectivity index (χ0) is 18.7. The Morgan fingerprint density at radius 3 is 2.50 bits per heavy atom. The van der Waals surface area contributed by atoms with Gasteiger partial charge in [-0.25, -0.2) is 4.99 Å². The molecule has 0 spiro atoms. The van der Waals surface area contributed by atoms with Gasteiger partial charge >= 0.3 is 0 Å². The number of likely N-dealkylation sites (N-methyl/N-ethyl adjacent to an activating group) is 1. The number of methoxy groups -OCH3 is 1. The lowest BCUT2D eigenvalue weighted by Crippen LogP contribution is -2.42. The average molecular weight is 478 g/mol. The summed E-state index contributed by atoms with van der Waals surface area (Å²) in [6.45, 7) is 6.08. The Hall–Kier alpha value is -1.71. The molecule has 2 N–H and O–H groups in total. The molecular weight excluding hydrogens is 447 g/mol. The van der Waals surface area contributed by atoms with Gasteiger partial charge in [-0.2, -0.15) is 0 Å². The number of halogens is 1. The van der Waals surface area contributed by atoms with Crippen LogP contribution in [-0.4, -0.2) is 57.7 Å². The van der Waals surface area contributed by atoms with Crippen LogP contribution in [-0.2, 0) is 11.3 Å². The molecule has 0 saturated carbocycles. The molecule has 148 valence electrons. The number of guanidine groups is 1. The molecule has 0 saturated heterocycles. The molecular formula is C18H31IN4O3. The lowest BCUT2D eigenvalue weighted by Gasteiger charge is -2.14. The quantitative estimate of drug-likeness (QED) is 0.324. The van der Waals surface area contributed by atoms with E-state index < -0.39 is 0 Å². The molecule has 0 atom stereocenters. The highest BCUT2D eigenvalue weighted by Crippen LogP contribution is 2.28. The highest BCUT2D eigenvalue weighted by Gasteiger charge is 2.07. The first kappa shape index (κ1) is 24.3. The number of carbonyl (C=O) groups is 1. The van der Waals surface area contributed by atoms with E-state index in [2.05, 4.69) is 22.5 Å². The van der Waals surface area contributed by atoms with Crippen molar-refractivity contribution in [3.8, 4) is 11.5 Å². The van der Waals surface area contributed by atoms with Gasteiger partial charge in [0.1, 0.15) is 0 Å². The predicted octanol–water partition coefficient (Wildman–Crippen LogP) is 2.25. The number of hydrogen-bond acceptors (Lipinski definition) is 4. The number of nitrogens with zero attached hydrogens (tertiary/aromatic N) is 2. The fraction of sp³-hybridized carbons (Fsp3) is 0.556. The number of nitrogens with one attached hydrogen (secondary N) is 2. The largest absolute Gasteiger partial charge is 0.493 e. The summed E-state index contributed by atoms with van der Waals surface area (Å²) in [5, 5.41) is 6.16. The Bertz CT molecular complexity index is 580. The number of rotatable bonds is 9. The van der Waals surface area contributed by atoms with Crippen molar-refractivity contribution in [2.24, 2.45) is 4.99 Å². The maximum atomic E-state index is 11.7. The molecule has 0 aromatic heterocycles. The van der Waals surface area contributed by atoms with E-state index in [1.54, 1.807) is 21.2 Å². The smallest absolute Gasteiger partial charge is 0.241 e. The molecule has 0 aliphatic carbocycles. The lowest BCUT2D eigenvalue weighted by molar-refractivity contribution is -0.127. The summed E-state index contributed by atoms with van der Waals surface area (Å²) in [5.74, 6) is 2.02. The molecule has 1 aromatic rings. The van der Waals surface area contributed by atoms with Gasteiger partial charge in [0.25, 0.3) is 0 Å². The first-order chi connectivity index (χ1) is 12.0. The first-order valence-corrected chi connectivity index (χ1v) is 8.53. The lowest BCUT2D eigenvalue weighted by atomic mass is 10.2. The summed E-state index contributed by atoms with van der Waals surface area (Å²) in [5.41, 5.74) is 0.997. The fourth-order valence-corrected chi connectivity index (χ4v) is 1.97. The van der Waals surface area contributed by atoms with Gasteiger partial charge in [-0.15, -0.1) is 24.0 Å². The minimum absolute atomic E-state index is 0. The third kappa shape index (κ3) is 8.59. The molecule has 0 aliphatic rings. The first-order valence-electron chi connectivity index (χ1n) is 8.53. The average Bonchev–Trinajstić information content (AvgIpc) is 2.62. The van der Waals surface area contributed by atoms with Gasteiger partial charge in [-0.05, 0) is 31.0 Å². The van der Waals surface area contributed by atoms with Gasteiger partial charge in [0.2, 0.25) is 5.91 Å². The van der Waals surface area contributed by atoms with Crippen molar-refractivity contribution in [2.75, 3.05) is 40.9 Å². The number of carbonyl (C=O) groups excluding carboxylic acids is 1. The Balaban J connectivity index is 0.00000625. The Kier molecular flexibility index (Phi) is 12.6. The summed E-state index contributed by atoms with van der Waals surface area (Å²) in [7, 11) is 5.07. The molecule has 7 nitrogen and oxygen atoms in total. The third-order valence-electron chi connectivity index (χ3n) is 3.36. The van der Waals surface area contributed by atoms with Gasteiger partial charge in [0, 0.05) is 20.6 Å². The van der Waals surface area contributed by atoms with Gasteiger partial charge in [-0.3, -0.25) is 4.79 Å². The fourth-order valence-electron chi connectivity index (χ4n) is 1.97. The second kappa shape index (κ2) is 13.5. The van der Waals surface area contributed by atoms with E-state index in [0.29, 0.717) is 24.9 Å². The number of benzene rings is 1. The van der Waals surface area contributed by atoms with Crippen LogP contribution in [0.4, 0.5) is 0 Å². The van der Waals surface area contributed by atoms with E-state index in [4.69, 9.17) is 9.47 Å². The van der Waals surface area contributed by atoms with Crippen LogP contribution in [0.15, 0.2) is 23.2 Å². The van der Waals surface area contributed by atoms with Crippen molar-refractivity contribution < 1.29 is 14.3 Å². The summed E-state index contributed by atoms with van der Waals surface area (Å²) in [4.78, 5) is 17.7. The molecule has 8 heteroatoms. The van der Waals surface area contributed by atoms with Crippen LogP contribution in [0.5, 0.6) is 11.5 Å². The molecule has 1 amide bonds. The van der Waals surface area contributed by atoms with Crippen molar-refractivity contribution in [1.82, 2.24) is 15.5 Å². The van der Waals surface area contributed by atoms with E-state index in [-0.39, 0.29) is 36.4 Å². The molecule has 1 aromatic carbocycles. The van der Waals surface area contributed by atoms with E-state index in [0.717, 1.165) is 24.3 Å². The number of aliphatic imine (C=N–C) groups is 1. The summed E-state index contributed by atoms with van der Waals surface area (Å²) >= 11 is 0. The topological polar surface area (TPSA) is 75.2 Å². The maximum Gasteiger partial charge on any atom is 0.241 e. The van der Waals surface area contributed by atoms with Crippen molar-refractivity contribution >= 4 is 35.8 Å². The molecule has 0 heterocycles. The van der Waals surface area contributed by atoms with Crippen LogP contribution in [0.1, 0.15) is 25.8 Å². The number of ether oxygens (including phenoxy) is 2. The highest BCUT2D eigenvalue weighted by molar-refractivity contribution is 14.0. The van der Waals surface area contributed by atoms with Gasteiger partial charge < -0.3 is 25.0 Å². The van der Waals surface area contributed by atoms with Crippen molar-refractivity contribution in [1.29, 1.82) is 0 Å². The van der Waals surface area contributed by atoms with E-state index in [1.165, 1.54) is 4.90 Å². The minimum atomic E-state index is -0.00954. The van der Waals surface area contributed by atoms with Crippen LogP contribution < -0.4 is 20.1 Å². The van der Waals surface area contributed by atoms with Gasteiger partial charge in [0.15, 0.2) is 17.5 Å². The standard InChI is InChI=1S/C18H30N4O3.HI/c1-6-10-25-15-9-8-14(11-16(15)24-5)12-20-18(19-7-2)21-13-17(23)22(3)4;/h8-9,11H,6-7,10,12-13H2,1-5H3,(H2,19,20,21);1H. The maximum absolute atomic E-state index is 11.7. The zero-order valence-electron chi connectivity index (χ0n) is 16.3. The zero-order valence-corrected chi connectivity index (χ0v) is 18.6. The molecule has 1 rings (SSSR count). The minimum Gasteiger partial charge on any atom is -0.493 e. The van der Waals surface area contributed by atoms with Crippen LogP contribution in [0.3, 0.4) is 0 Å². The molecule has 0 radical (unpaired) electrons. The van der Waals surface area contributed by atoms with Crippen molar-refractivity contribution in [2.45, 2.75) is 26.8 Å². The number of amides is 1. The van der Waals surface area contributed by atoms with Crippen LogP contribution >= 0.6 is 24.0 Å². The summed E-state index contributed by atoms with van der Waals surface area (Å²) in [6.07, 6.45) is 0.943. The van der Waals surface area contributed by atoms with Crippen molar-refractivity contribution in [3.05, 3.63) is 23.8 Å². The third-order valence-corrected chi connectivity index (χ3v) is 3.36. The molecule has 0 unspecified atom stereocenters. The SMILES string of the molecule is CCCOc1ccc(CN=C(NCC)NCC(=O)N(C)C)cc1OC.I. The van der Waals surface area contributed by atoms with E-state index >= 15 is 0 Å². The Morgan fingerprint density at radius 2 is 1.92 bits per heavy atom.